The molecule has 17 heavy (non-hydrogen) atoms. The van der Waals surface area contributed by atoms with Crippen molar-refractivity contribution < 1.29 is 4.79 Å². The molecule has 0 aromatic rings. The molecule has 0 aromatic heterocycles. The van der Waals surface area contributed by atoms with Crippen molar-refractivity contribution in [2.24, 2.45) is 5.41 Å². The Bertz CT molecular complexity index is 260. The molecule has 3 heteroatoms. The molecule has 0 atom stereocenters. The van der Waals surface area contributed by atoms with Crippen LogP contribution in [0.2, 0.25) is 0 Å². The van der Waals surface area contributed by atoms with E-state index in [-0.39, 0.29) is 5.41 Å². The Morgan fingerprint density at radius 1 is 1.41 bits per heavy atom. The molecule has 1 N–H and O–H groups in total. The first kappa shape index (κ1) is 14.2. The van der Waals surface area contributed by atoms with Crippen LogP contribution in [0.3, 0.4) is 0 Å². The lowest BCUT2D eigenvalue weighted by molar-refractivity contribution is -0.134. The molecule has 3 nitrogen and oxygen atoms in total. The maximum atomic E-state index is 12.0. The van der Waals surface area contributed by atoms with E-state index >= 15 is 0 Å². The van der Waals surface area contributed by atoms with Crippen LogP contribution in [0.1, 0.15) is 40.0 Å². The zero-order valence-electron chi connectivity index (χ0n) is 11.5. The molecule has 1 fully saturated rings. The number of hydrogen-bond acceptors (Lipinski definition) is 2. The first-order valence-electron chi connectivity index (χ1n) is 6.54. The normalized spacial score (nSPS) is 18.2. The van der Waals surface area contributed by atoms with Crippen LogP contribution in [-0.4, -0.2) is 36.5 Å². The molecule has 0 saturated carbocycles. The van der Waals surface area contributed by atoms with Gasteiger partial charge >= 0.3 is 0 Å². The Morgan fingerprint density at radius 2 is 2.00 bits per heavy atom. The first-order valence-corrected chi connectivity index (χ1v) is 6.54. The van der Waals surface area contributed by atoms with Gasteiger partial charge in [-0.1, -0.05) is 26.8 Å². The van der Waals surface area contributed by atoms with E-state index in [1.54, 1.807) is 0 Å². The van der Waals surface area contributed by atoms with Gasteiger partial charge in [0.15, 0.2) is 0 Å². The second-order valence-corrected chi connectivity index (χ2v) is 6.09. The fraction of sp³-hybridized carbons (Fsp3) is 0.786. The summed E-state index contributed by atoms with van der Waals surface area (Å²) in [6.45, 7) is 12.7. The number of likely N-dealkylation sites (tertiary alicyclic amines) is 1. The number of nitrogens with zero attached hydrogens (tertiary/aromatic N) is 1. The summed E-state index contributed by atoms with van der Waals surface area (Å²) in [5, 5.41) is 3.42. The van der Waals surface area contributed by atoms with Crippen molar-refractivity contribution in [3.63, 3.8) is 0 Å². The summed E-state index contributed by atoms with van der Waals surface area (Å²) >= 11 is 0. The third-order valence-corrected chi connectivity index (χ3v) is 3.08. The van der Waals surface area contributed by atoms with Crippen molar-refractivity contribution in [1.29, 1.82) is 0 Å². The van der Waals surface area contributed by atoms with Crippen LogP contribution in [0, 0.1) is 5.41 Å². The van der Waals surface area contributed by atoms with E-state index in [4.69, 9.17) is 0 Å². The lowest BCUT2D eigenvalue weighted by Gasteiger charge is -2.34. The summed E-state index contributed by atoms with van der Waals surface area (Å²) in [7, 11) is 0. The van der Waals surface area contributed by atoms with Crippen LogP contribution in [0.25, 0.3) is 0 Å². The molecule has 1 aliphatic rings. The number of nitrogens with one attached hydrogen (secondary N) is 1. The molecule has 1 aliphatic heterocycles. The van der Waals surface area contributed by atoms with Crippen molar-refractivity contribution in [3.05, 3.63) is 12.7 Å². The predicted molar refractivity (Wildman–Crippen MR) is 71.9 cm³/mol. The van der Waals surface area contributed by atoms with E-state index in [1.807, 2.05) is 11.0 Å². The summed E-state index contributed by atoms with van der Waals surface area (Å²) in [4.78, 5) is 14.0. The highest BCUT2D eigenvalue weighted by Crippen LogP contribution is 2.21. The second kappa shape index (κ2) is 6.20. The van der Waals surface area contributed by atoms with E-state index in [1.165, 1.54) is 0 Å². The van der Waals surface area contributed by atoms with Gasteiger partial charge < -0.3 is 10.2 Å². The molecule has 0 aromatic carbocycles. The van der Waals surface area contributed by atoms with Crippen LogP contribution in [0.5, 0.6) is 0 Å². The average Bonchev–Trinajstić information content (AvgIpc) is 2.24. The molecule has 1 heterocycles. The molecule has 1 amide bonds. The van der Waals surface area contributed by atoms with Gasteiger partial charge in [0.05, 0.1) is 0 Å². The third-order valence-electron chi connectivity index (χ3n) is 3.08. The van der Waals surface area contributed by atoms with Gasteiger partial charge in [-0.2, -0.15) is 0 Å². The molecular formula is C14H26N2O. The number of hydrogen-bond donors (Lipinski definition) is 1. The minimum atomic E-state index is 0.0923. The van der Waals surface area contributed by atoms with Gasteiger partial charge in [0.1, 0.15) is 0 Å². The summed E-state index contributed by atoms with van der Waals surface area (Å²) in [5.41, 5.74) is 0.0923. The highest BCUT2D eigenvalue weighted by molar-refractivity contribution is 5.76. The van der Waals surface area contributed by atoms with Crippen LogP contribution in [0.4, 0.5) is 0 Å². The fourth-order valence-corrected chi connectivity index (χ4v) is 2.15. The van der Waals surface area contributed by atoms with Crippen LogP contribution < -0.4 is 5.32 Å². The van der Waals surface area contributed by atoms with E-state index in [0.29, 0.717) is 18.4 Å². The number of carbonyl (C=O) groups is 1. The van der Waals surface area contributed by atoms with Crippen molar-refractivity contribution in [1.82, 2.24) is 10.2 Å². The topological polar surface area (TPSA) is 32.3 Å². The summed E-state index contributed by atoms with van der Waals surface area (Å²) in [6, 6.07) is 0.548. The van der Waals surface area contributed by atoms with Crippen LogP contribution in [-0.2, 0) is 4.79 Å². The molecule has 0 unspecified atom stereocenters. The SMILES string of the molecule is C=CCNC1CCN(C(=O)CC(C)(C)C)CC1. The van der Waals surface area contributed by atoms with E-state index in [9.17, 15) is 4.79 Å². The van der Waals surface area contributed by atoms with E-state index in [2.05, 4.69) is 32.7 Å². The van der Waals surface area contributed by atoms with E-state index in [0.717, 1.165) is 32.5 Å². The fourth-order valence-electron chi connectivity index (χ4n) is 2.15. The van der Waals surface area contributed by atoms with Gasteiger partial charge in [-0.25, -0.2) is 0 Å². The summed E-state index contributed by atoms with van der Waals surface area (Å²) in [5.74, 6) is 0.305. The monoisotopic (exact) mass is 238 g/mol. The quantitative estimate of drug-likeness (QED) is 0.761. The van der Waals surface area contributed by atoms with Crippen molar-refractivity contribution in [3.8, 4) is 0 Å². The Balaban J connectivity index is 2.31. The standard InChI is InChI=1S/C14H26N2O/c1-5-8-15-12-6-9-16(10-7-12)13(17)11-14(2,3)4/h5,12,15H,1,6-11H2,2-4H3. The average molecular weight is 238 g/mol. The zero-order valence-corrected chi connectivity index (χ0v) is 11.5. The molecule has 0 radical (unpaired) electrons. The molecule has 98 valence electrons. The maximum Gasteiger partial charge on any atom is 0.223 e. The van der Waals surface area contributed by atoms with E-state index < -0.39 is 0 Å². The van der Waals surface area contributed by atoms with Crippen molar-refractivity contribution in [2.45, 2.75) is 46.1 Å². The Kier molecular flexibility index (Phi) is 5.19. The predicted octanol–water partition coefficient (Wildman–Crippen LogP) is 2.19. The number of carbonyl (C=O) groups excluding carboxylic acids is 1. The third kappa shape index (κ3) is 5.35. The zero-order chi connectivity index (χ0) is 12.9. The maximum absolute atomic E-state index is 12.0. The summed E-state index contributed by atoms with van der Waals surface area (Å²) in [6.07, 6.45) is 4.66. The van der Waals surface area contributed by atoms with Crippen LogP contribution >= 0.6 is 0 Å². The molecule has 0 bridgehead atoms. The smallest absolute Gasteiger partial charge is 0.223 e. The summed E-state index contributed by atoms with van der Waals surface area (Å²) < 4.78 is 0. The number of amides is 1. The Hall–Kier alpha value is -0.830. The van der Waals surface area contributed by atoms with Crippen LogP contribution in [0.15, 0.2) is 12.7 Å². The molecule has 1 rings (SSSR count). The highest BCUT2D eigenvalue weighted by atomic mass is 16.2. The molecule has 0 spiro atoms. The lowest BCUT2D eigenvalue weighted by atomic mass is 9.91. The van der Waals surface area contributed by atoms with Gasteiger partial charge in [0.25, 0.3) is 0 Å². The molecule has 0 aliphatic carbocycles. The van der Waals surface area contributed by atoms with Gasteiger partial charge in [-0.05, 0) is 18.3 Å². The molecule has 1 saturated heterocycles. The van der Waals surface area contributed by atoms with Gasteiger partial charge in [-0.3, -0.25) is 4.79 Å². The second-order valence-electron chi connectivity index (χ2n) is 6.09. The van der Waals surface area contributed by atoms with Crippen molar-refractivity contribution in [2.75, 3.05) is 19.6 Å². The Labute approximate surface area is 105 Å². The highest BCUT2D eigenvalue weighted by Gasteiger charge is 2.25. The molecular weight excluding hydrogens is 212 g/mol. The largest absolute Gasteiger partial charge is 0.343 e. The first-order chi connectivity index (χ1) is 7.92. The van der Waals surface area contributed by atoms with Gasteiger partial charge in [-0.15, -0.1) is 6.58 Å². The van der Waals surface area contributed by atoms with Crippen molar-refractivity contribution >= 4 is 5.91 Å². The lowest BCUT2D eigenvalue weighted by Crippen LogP contribution is -2.45. The number of rotatable bonds is 4. The van der Waals surface area contributed by atoms with Gasteiger partial charge in [0, 0.05) is 32.1 Å². The van der Waals surface area contributed by atoms with Gasteiger partial charge in [0.2, 0.25) is 5.91 Å². The Morgan fingerprint density at radius 3 is 2.47 bits per heavy atom. The minimum absolute atomic E-state index is 0.0923. The number of piperidine rings is 1. The minimum Gasteiger partial charge on any atom is -0.343 e.